The van der Waals surface area contributed by atoms with Crippen molar-refractivity contribution in [3.63, 3.8) is 0 Å². The van der Waals surface area contributed by atoms with E-state index in [0.717, 1.165) is 69.6 Å². The van der Waals surface area contributed by atoms with E-state index in [9.17, 15) is 14.4 Å². The van der Waals surface area contributed by atoms with Crippen molar-refractivity contribution in [2.24, 2.45) is 11.8 Å². The van der Waals surface area contributed by atoms with E-state index in [2.05, 4.69) is 34.6 Å². The third-order valence-corrected chi connectivity index (χ3v) is 13.2. The van der Waals surface area contributed by atoms with Gasteiger partial charge in [-0.15, -0.1) is 0 Å². The average molecular weight is 906 g/mol. The van der Waals surface area contributed by atoms with Crippen molar-refractivity contribution >= 4 is 17.9 Å². The molecule has 0 saturated heterocycles. The van der Waals surface area contributed by atoms with E-state index in [-0.39, 0.29) is 31.1 Å². The highest BCUT2D eigenvalue weighted by Gasteiger charge is 2.19. The summed E-state index contributed by atoms with van der Waals surface area (Å²) in [6.07, 6.45) is 53.8. The highest BCUT2D eigenvalue weighted by molar-refractivity contribution is 5.71. The molecule has 0 aliphatic heterocycles. The van der Waals surface area contributed by atoms with Crippen LogP contribution in [-0.4, -0.2) is 37.2 Å². The van der Waals surface area contributed by atoms with Crippen LogP contribution in [0.5, 0.6) is 0 Å². The molecule has 6 heteroatoms. The highest BCUT2D eigenvalue weighted by atomic mass is 16.6. The number of carbonyl (C=O) groups is 3. The normalized spacial score (nSPS) is 12.0. The van der Waals surface area contributed by atoms with Gasteiger partial charge in [0.25, 0.3) is 0 Å². The molecule has 0 bridgehead atoms. The van der Waals surface area contributed by atoms with Gasteiger partial charge in [-0.3, -0.25) is 14.4 Å². The van der Waals surface area contributed by atoms with E-state index >= 15 is 0 Å². The van der Waals surface area contributed by atoms with Crippen LogP contribution in [0.4, 0.5) is 0 Å². The van der Waals surface area contributed by atoms with Gasteiger partial charge in [0.05, 0.1) is 0 Å². The zero-order valence-corrected chi connectivity index (χ0v) is 43.9. The quantitative estimate of drug-likeness (QED) is 0.0344. The van der Waals surface area contributed by atoms with E-state index in [1.165, 1.54) is 212 Å². The standard InChI is InChI=1S/C58H112O6/c1-6-7-8-9-10-11-12-13-14-18-23-28-33-38-43-48-56(59)62-51-55(64-58(61)50-45-40-35-30-25-20-22-27-32-37-42-47-54(4)5)52-63-57(60)49-44-39-34-29-24-19-16-15-17-21-26-31-36-41-46-53(2)3/h53-55H,6-52H2,1-5H3/t55-/m1/s1. The second-order valence-electron chi connectivity index (χ2n) is 20.9. The van der Waals surface area contributed by atoms with Crippen LogP contribution in [-0.2, 0) is 28.6 Å². The van der Waals surface area contributed by atoms with Crippen LogP contribution in [0.25, 0.3) is 0 Å². The second kappa shape index (κ2) is 50.8. The molecule has 0 aliphatic rings. The fraction of sp³-hybridized carbons (Fsp3) is 0.948. The third-order valence-electron chi connectivity index (χ3n) is 13.2. The smallest absolute Gasteiger partial charge is 0.306 e. The van der Waals surface area contributed by atoms with E-state index in [1.807, 2.05) is 0 Å². The van der Waals surface area contributed by atoms with Gasteiger partial charge in [0.1, 0.15) is 13.2 Å². The van der Waals surface area contributed by atoms with Crippen LogP contribution in [0.1, 0.15) is 324 Å². The van der Waals surface area contributed by atoms with E-state index in [1.54, 1.807) is 0 Å². The molecule has 6 nitrogen and oxygen atoms in total. The summed E-state index contributed by atoms with van der Waals surface area (Å²) in [6, 6.07) is 0. The predicted octanol–water partition coefficient (Wildman–Crippen LogP) is 18.9. The molecule has 0 aromatic rings. The molecule has 0 fully saturated rings. The first-order valence-electron chi connectivity index (χ1n) is 28.7. The molecule has 0 saturated carbocycles. The van der Waals surface area contributed by atoms with E-state index in [4.69, 9.17) is 14.2 Å². The molecule has 0 radical (unpaired) electrons. The number of hydrogen-bond acceptors (Lipinski definition) is 6. The Hall–Kier alpha value is -1.59. The molecule has 0 aliphatic carbocycles. The third kappa shape index (κ3) is 51.4. The summed E-state index contributed by atoms with van der Waals surface area (Å²) < 4.78 is 16.9. The minimum Gasteiger partial charge on any atom is -0.462 e. The number of carbonyl (C=O) groups excluding carboxylic acids is 3. The van der Waals surface area contributed by atoms with Gasteiger partial charge in [0.15, 0.2) is 6.10 Å². The zero-order valence-electron chi connectivity index (χ0n) is 43.9. The number of hydrogen-bond donors (Lipinski definition) is 0. The fourth-order valence-electron chi connectivity index (χ4n) is 8.87. The maximum absolute atomic E-state index is 12.8. The van der Waals surface area contributed by atoms with Gasteiger partial charge >= 0.3 is 17.9 Å². The lowest BCUT2D eigenvalue weighted by Crippen LogP contribution is -2.30. The molecule has 0 rings (SSSR count). The molecule has 0 spiro atoms. The molecule has 0 aromatic heterocycles. The summed E-state index contributed by atoms with van der Waals surface area (Å²) in [5.74, 6) is 0.830. The Morgan fingerprint density at radius 2 is 0.516 bits per heavy atom. The topological polar surface area (TPSA) is 78.9 Å². The summed E-state index contributed by atoms with van der Waals surface area (Å²) in [6.45, 7) is 11.4. The maximum atomic E-state index is 12.8. The maximum Gasteiger partial charge on any atom is 0.306 e. The first-order chi connectivity index (χ1) is 31.2. The minimum atomic E-state index is -0.762. The van der Waals surface area contributed by atoms with Crippen LogP contribution in [0.15, 0.2) is 0 Å². The van der Waals surface area contributed by atoms with Crippen molar-refractivity contribution in [3.05, 3.63) is 0 Å². The molecule has 0 aromatic carbocycles. The Balaban J connectivity index is 4.29. The summed E-state index contributed by atoms with van der Waals surface area (Å²) in [5.41, 5.74) is 0. The molecule has 1 atom stereocenters. The van der Waals surface area contributed by atoms with Gasteiger partial charge in [0.2, 0.25) is 0 Å². The predicted molar refractivity (Wildman–Crippen MR) is 275 cm³/mol. The molecule has 0 N–H and O–H groups in total. The summed E-state index contributed by atoms with van der Waals surface area (Å²) in [4.78, 5) is 38.1. The van der Waals surface area contributed by atoms with Gasteiger partial charge in [-0.1, -0.05) is 285 Å². The van der Waals surface area contributed by atoms with Crippen LogP contribution in [0.3, 0.4) is 0 Å². The zero-order chi connectivity index (χ0) is 46.8. The van der Waals surface area contributed by atoms with Crippen LogP contribution in [0.2, 0.25) is 0 Å². The lowest BCUT2D eigenvalue weighted by Gasteiger charge is -2.18. The molecule has 64 heavy (non-hydrogen) atoms. The number of rotatable bonds is 52. The lowest BCUT2D eigenvalue weighted by atomic mass is 10.0. The summed E-state index contributed by atoms with van der Waals surface area (Å²) in [7, 11) is 0. The molecule has 0 heterocycles. The first-order valence-corrected chi connectivity index (χ1v) is 28.7. The Labute approximate surface area is 399 Å². The fourth-order valence-corrected chi connectivity index (χ4v) is 8.87. The molecule has 0 amide bonds. The lowest BCUT2D eigenvalue weighted by molar-refractivity contribution is -0.167. The molecular weight excluding hydrogens is 793 g/mol. The minimum absolute atomic E-state index is 0.0627. The van der Waals surface area contributed by atoms with Gasteiger partial charge < -0.3 is 14.2 Å². The van der Waals surface area contributed by atoms with E-state index < -0.39 is 6.10 Å². The highest BCUT2D eigenvalue weighted by Crippen LogP contribution is 2.18. The van der Waals surface area contributed by atoms with Crippen molar-refractivity contribution < 1.29 is 28.6 Å². The monoisotopic (exact) mass is 905 g/mol. The Morgan fingerprint density at radius 1 is 0.297 bits per heavy atom. The number of unbranched alkanes of at least 4 members (excludes halogenated alkanes) is 37. The van der Waals surface area contributed by atoms with Crippen molar-refractivity contribution in [1.82, 2.24) is 0 Å². The van der Waals surface area contributed by atoms with Crippen LogP contribution >= 0.6 is 0 Å². The number of esters is 3. The van der Waals surface area contributed by atoms with Gasteiger partial charge in [0, 0.05) is 19.3 Å². The van der Waals surface area contributed by atoms with Gasteiger partial charge in [-0.2, -0.15) is 0 Å². The summed E-state index contributed by atoms with van der Waals surface area (Å²) >= 11 is 0. The van der Waals surface area contributed by atoms with Crippen molar-refractivity contribution in [1.29, 1.82) is 0 Å². The first kappa shape index (κ1) is 62.4. The molecule has 0 unspecified atom stereocenters. The Morgan fingerprint density at radius 3 is 0.766 bits per heavy atom. The SMILES string of the molecule is CCCCCCCCCCCCCCCCCC(=O)OC[C@H](COC(=O)CCCCCCCCCCCCCCCCC(C)C)OC(=O)CCCCCCCCCCCCCC(C)C. The molecular formula is C58H112O6. The largest absolute Gasteiger partial charge is 0.462 e. The van der Waals surface area contributed by atoms with Gasteiger partial charge in [-0.25, -0.2) is 0 Å². The Bertz CT molecular complexity index is 978. The average Bonchev–Trinajstić information content (AvgIpc) is 3.27. The van der Waals surface area contributed by atoms with Gasteiger partial charge in [-0.05, 0) is 31.1 Å². The second-order valence-corrected chi connectivity index (χ2v) is 20.9. The number of ether oxygens (including phenoxy) is 3. The van der Waals surface area contributed by atoms with Crippen LogP contribution in [0, 0.1) is 11.8 Å². The van der Waals surface area contributed by atoms with E-state index in [0.29, 0.717) is 19.3 Å². The van der Waals surface area contributed by atoms with Crippen molar-refractivity contribution in [2.75, 3.05) is 13.2 Å². The summed E-state index contributed by atoms with van der Waals surface area (Å²) in [5, 5.41) is 0. The van der Waals surface area contributed by atoms with Crippen molar-refractivity contribution in [2.45, 2.75) is 330 Å². The molecule has 380 valence electrons. The van der Waals surface area contributed by atoms with Crippen molar-refractivity contribution in [3.8, 4) is 0 Å². The van der Waals surface area contributed by atoms with Crippen LogP contribution < -0.4 is 0 Å². The Kier molecular flexibility index (Phi) is 49.6.